The first kappa shape index (κ1) is 19.4. The van der Waals surface area contributed by atoms with E-state index in [1.54, 1.807) is 0 Å². The fourth-order valence-corrected chi connectivity index (χ4v) is 3.74. The molecule has 1 amide bonds. The summed E-state index contributed by atoms with van der Waals surface area (Å²) in [6.07, 6.45) is 9.81. The molecule has 0 bridgehead atoms. The third kappa shape index (κ3) is 4.56. The number of allylic oxidation sites excluding steroid dienone is 1. The number of piperidine rings is 1. The van der Waals surface area contributed by atoms with Crippen LogP contribution >= 0.6 is 0 Å². The molecule has 2 aromatic rings. The van der Waals surface area contributed by atoms with Crippen LogP contribution < -0.4 is 4.74 Å². The standard InChI is InChI=1S/C24H27N3O2/c1-3-4-22-23(25-2)15-19(16-26-22)17-7-9-20(10-8-17)29-21-11-13-27(14-12-21)24(28)18-5-6-18/h3-4,7-10,15-16,18,21H,2,5-6,11-14H2,1H3/b4-3-. The summed E-state index contributed by atoms with van der Waals surface area (Å²) in [5, 5.41) is 0. The topological polar surface area (TPSA) is 54.8 Å². The molecular formula is C24H27N3O2. The van der Waals surface area contributed by atoms with Gasteiger partial charge in [0.15, 0.2) is 0 Å². The number of nitrogens with zero attached hydrogens (tertiary/aromatic N) is 3. The molecule has 0 atom stereocenters. The van der Waals surface area contributed by atoms with Crippen LogP contribution in [0.15, 0.2) is 47.6 Å². The van der Waals surface area contributed by atoms with Crippen LogP contribution in [0.1, 0.15) is 38.3 Å². The molecule has 0 radical (unpaired) electrons. The number of aliphatic imine (C=N–C) groups is 1. The van der Waals surface area contributed by atoms with Crippen LogP contribution in [0.3, 0.4) is 0 Å². The average Bonchev–Trinajstić information content (AvgIpc) is 3.60. The van der Waals surface area contributed by atoms with Gasteiger partial charge in [-0.25, -0.2) is 0 Å². The fraction of sp³-hybridized carbons (Fsp3) is 0.375. The summed E-state index contributed by atoms with van der Waals surface area (Å²) in [6.45, 7) is 7.21. The smallest absolute Gasteiger partial charge is 0.225 e. The van der Waals surface area contributed by atoms with Crippen LogP contribution in [0.2, 0.25) is 0 Å². The Bertz CT molecular complexity index is 908. The zero-order chi connectivity index (χ0) is 20.2. The second-order valence-electron chi connectivity index (χ2n) is 7.73. The lowest BCUT2D eigenvalue weighted by atomic mass is 10.1. The normalized spacial score (nSPS) is 17.5. The van der Waals surface area contributed by atoms with Crippen molar-refractivity contribution in [3.05, 3.63) is 48.3 Å². The maximum absolute atomic E-state index is 12.2. The lowest BCUT2D eigenvalue weighted by Gasteiger charge is -2.32. The molecule has 5 heteroatoms. The van der Waals surface area contributed by atoms with E-state index in [0.717, 1.165) is 67.0 Å². The summed E-state index contributed by atoms with van der Waals surface area (Å²) in [4.78, 5) is 22.7. The van der Waals surface area contributed by atoms with Crippen LogP contribution in [-0.2, 0) is 4.79 Å². The summed E-state index contributed by atoms with van der Waals surface area (Å²) < 4.78 is 6.16. The van der Waals surface area contributed by atoms with Gasteiger partial charge in [-0.3, -0.25) is 14.8 Å². The zero-order valence-corrected chi connectivity index (χ0v) is 16.9. The molecule has 4 rings (SSSR count). The van der Waals surface area contributed by atoms with Crippen molar-refractivity contribution in [2.45, 2.75) is 38.7 Å². The van der Waals surface area contributed by atoms with Gasteiger partial charge in [0, 0.05) is 43.6 Å². The molecular weight excluding hydrogens is 362 g/mol. The highest BCUT2D eigenvalue weighted by molar-refractivity contribution is 5.81. The summed E-state index contributed by atoms with van der Waals surface area (Å²) in [5.74, 6) is 1.51. The van der Waals surface area contributed by atoms with Crippen molar-refractivity contribution in [3.8, 4) is 16.9 Å². The number of carbonyl (C=O) groups excluding carboxylic acids is 1. The highest BCUT2D eigenvalue weighted by atomic mass is 16.5. The van der Waals surface area contributed by atoms with E-state index in [9.17, 15) is 4.79 Å². The lowest BCUT2D eigenvalue weighted by Crippen LogP contribution is -2.42. The van der Waals surface area contributed by atoms with Gasteiger partial charge in [-0.05, 0) is 56.3 Å². The summed E-state index contributed by atoms with van der Waals surface area (Å²) in [6, 6.07) is 10.1. The van der Waals surface area contributed by atoms with Crippen LogP contribution in [0, 0.1) is 5.92 Å². The van der Waals surface area contributed by atoms with Crippen LogP contribution in [0.4, 0.5) is 5.69 Å². The molecule has 1 aliphatic carbocycles. The molecule has 0 N–H and O–H groups in total. The third-order valence-corrected chi connectivity index (χ3v) is 5.56. The molecule has 29 heavy (non-hydrogen) atoms. The molecule has 1 aromatic carbocycles. The van der Waals surface area contributed by atoms with Gasteiger partial charge in [0.25, 0.3) is 0 Å². The van der Waals surface area contributed by atoms with E-state index < -0.39 is 0 Å². The zero-order valence-electron chi connectivity index (χ0n) is 16.9. The molecule has 1 aliphatic heterocycles. The molecule has 1 saturated heterocycles. The minimum atomic E-state index is 0.169. The van der Waals surface area contributed by atoms with E-state index in [0.29, 0.717) is 11.8 Å². The predicted octanol–water partition coefficient (Wildman–Crippen LogP) is 4.89. The number of hydrogen-bond acceptors (Lipinski definition) is 4. The summed E-state index contributed by atoms with van der Waals surface area (Å²) in [7, 11) is 0. The van der Waals surface area contributed by atoms with Crippen LogP contribution in [0.5, 0.6) is 5.75 Å². The lowest BCUT2D eigenvalue weighted by molar-refractivity contribution is -0.134. The maximum atomic E-state index is 12.2. The van der Waals surface area contributed by atoms with Crippen LogP contribution in [-0.4, -0.2) is 41.7 Å². The quantitative estimate of drug-likeness (QED) is 0.661. The highest BCUT2D eigenvalue weighted by Crippen LogP contribution is 2.32. The monoisotopic (exact) mass is 389 g/mol. The first-order valence-corrected chi connectivity index (χ1v) is 10.3. The Balaban J connectivity index is 1.37. The highest BCUT2D eigenvalue weighted by Gasteiger charge is 2.35. The van der Waals surface area contributed by atoms with Gasteiger partial charge in [-0.1, -0.05) is 18.2 Å². The van der Waals surface area contributed by atoms with Gasteiger partial charge in [-0.15, -0.1) is 0 Å². The van der Waals surface area contributed by atoms with Gasteiger partial charge in [0.1, 0.15) is 11.9 Å². The number of hydrogen-bond donors (Lipinski definition) is 0. The first-order chi connectivity index (χ1) is 14.2. The Morgan fingerprint density at radius 3 is 2.52 bits per heavy atom. The van der Waals surface area contributed by atoms with E-state index in [4.69, 9.17) is 4.74 Å². The Morgan fingerprint density at radius 2 is 1.90 bits per heavy atom. The predicted molar refractivity (Wildman–Crippen MR) is 117 cm³/mol. The molecule has 2 heterocycles. The Kier molecular flexibility index (Phi) is 5.74. The van der Waals surface area contributed by atoms with Gasteiger partial charge in [0.2, 0.25) is 5.91 Å². The van der Waals surface area contributed by atoms with Crippen molar-refractivity contribution in [2.24, 2.45) is 10.9 Å². The molecule has 0 spiro atoms. The van der Waals surface area contributed by atoms with Crippen molar-refractivity contribution in [1.29, 1.82) is 0 Å². The number of pyridine rings is 1. The Morgan fingerprint density at radius 1 is 1.17 bits per heavy atom. The third-order valence-electron chi connectivity index (χ3n) is 5.56. The average molecular weight is 389 g/mol. The second kappa shape index (κ2) is 8.60. The summed E-state index contributed by atoms with van der Waals surface area (Å²) >= 11 is 0. The van der Waals surface area contributed by atoms with Gasteiger partial charge >= 0.3 is 0 Å². The Labute approximate surface area is 172 Å². The number of benzene rings is 1. The van der Waals surface area contributed by atoms with E-state index in [2.05, 4.69) is 16.7 Å². The molecule has 1 aromatic heterocycles. The van der Waals surface area contributed by atoms with Crippen molar-refractivity contribution in [1.82, 2.24) is 9.88 Å². The van der Waals surface area contributed by atoms with E-state index in [1.807, 2.05) is 60.5 Å². The molecule has 2 aliphatic rings. The van der Waals surface area contributed by atoms with Crippen LogP contribution in [0.25, 0.3) is 17.2 Å². The molecule has 2 fully saturated rings. The van der Waals surface area contributed by atoms with Gasteiger partial charge in [0.05, 0.1) is 11.4 Å². The first-order valence-electron chi connectivity index (χ1n) is 10.3. The Hall–Kier alpha value is -2.95. The van der Waals surface area contributed by atoms with Crippen molar-refractivity contribution in [3.63, 3.8) is 0 Å². The number of amides is 1. The molecule has 150 valence electrons. The molecule has 5 nitrogen and oxygen atoms in total. The van der Waals surface area contributed by atoms with Crippen molar-refractivity contribution < 1.29 is 9.53 Å². The van der Waals surface area contributed by atoms with E-state index in [1.165, 1.54) is 0 Å². The number of rotatable bonds is 6. The number of aromatic nitrogens is 1. The number of ether oxygens (including phenoxy) is 1. The largest absolute Gasteiger partial charge is 0.490 e. The maximum Gasteiger partial charge on any atom is 0.225 e. The minimum absolute atomic E-state index is 0.169. The molecule has 0 unspecified atom stereocenters. The van der Waals surface area contributed by atoms with Gasteiger partial charge < -0.3 is 9.64 Å². The second-order valence-corrected chi connectivity index (χ2v) is 7.73. The number of likely N-dealkylation sites (tertiary alicyclic amines) is 1. The number of carbonyl (C=O) groups is 1. The molecule has 1 saturated carbocycles. The summed E-state index contributed by atoms with van der Waals surface area (Å²) in [5.41, 5.74) is 3.65. The van der Waals surface area contributed by atoms with Crippen molar-refractivity contribution in [2.75, 3.05) is 13.1 Å². The van der Waals surface area contributed by atoms with E-state index in [-0.39, 0.29) is 6.10 Å². The van der Waals surface area contributed by atoms with Crippen molar-refractivity contribution >= 4 is 24.4 Å². The van der Waals surface area contributed by atoms with Gasteiger partial charge in [-0.2, -0.15) is 0 Å². The van der Waals surface area contributed by atoms with E-state index >= 15 is 0 Å². The SMILES string of the molecule is C=Nc1cc(-c2ccc(OC3CCN(C(=O)C4CC4)CC3)cc2)cnc1/C=C\C. The fourth-order valence-electron chi connectivity index (χ4n) is 3.74. The minimum Gasteiger partial charge on any atom is -0.490 e.